The first-order valence-corrected chi connectivity index (χ1v) is 10.2. The number of para-hydroxylation sites is 1. The summed E-state index contributed by atoms with van der Waals surface area (Å²) in [6.45, 7) is 11.7. The number of benzene rings is 1. The molecular formula is C23H34O5. The van der Waals surface area contributed by atoms with E-state index in [0.29, 0.717) is 17.8 Å². The number of rotatable bonds is 9. The summed E-state index contributed by atoms with van der Waals surface area (Å²) < 4.78 is 16.3. The van der Waals surface area contributed by atoms with E-state index in [-0.39, 0.29) is 19.6 Å². The van der Waals surface area contributed by atoms with Gasteiger partial charge in [-0.05, 0) is 62.5 Å². The number of hydrogen-bond acceptors (Lipinski definition) is 5. The van der Waals surface area contributed by atoms with Gasteiger partial charge in [0.05, 0.1) is 12.8 Å². The van der Waals surface area contributed by atoms with Gasteiger partial charge < -0.3 is 14.2 Å². The third-order valence-electron chi connectivity index (χ3n) is 4.89. The van der Waals surface area contributed by atoms with Crippen LogP contribution in [0.5, 0.6) is 5.75 Å². The summed E-state index contributed by atoms with van der Waals surface area (Å²) in [6, 6.07) is 6.24. The monoisotopic (exact) mass is 390 g/mol. The van der Waals surface area contributed by atoms with Crippen LogP contribution >= 0.6 is 0 Å². The van der Waals surface area contributed by atoms with E-state index in [0.717, 1.165) is 11.3 Å². The number of carbonyl (C=O) groups excluding carboxylic acids is 2. The van der Waals surface area contributed by atoms with Gasteiger partial charge in [0.25, 0.3) is 0 Å². The summed E-state index contributed by atoms with van der Waals surface area (Å²) in [5.41, 5.74) is 1.74. The van der Waals surface area contributed by atoms with Crippen LogP contribution in [0.4, 0.5) is 0 Å². The Morgan fingerprint density at radius 2 is 1.64 bits per heavy atom. The van der Waals surface area contributed by atoms with Crippen molar-refractivity contribution in [3.8, 4) is 5.75 Å². The summed E-state index contributed by atoms with van der Waals surface area (Å²) in [5, 5.41) is 0. The molecule has 28 heavy (non-hydrogen) atoms. The fourth-order valence-corrected chi connectivity index (χ4v) is 3.23. The van der Waals surface area contributed by atoms with Gasteiger partial charge in [0, 0.05) is 0 Å². The second-order valence-electron chi connectivity index (χ2n) is 8.91. The molecule has 1 aromatic rings. The lowest BCUT2D eigenvalue weighted by Gasteiger charge is -2.21. The average Bonchev–Trinajstić information content (AvgIpc) is 3.43. The highest BCUT2D eigenvalue weighted by atomic mass is 16.7. The number of esters is 2. The van der Waals surface area contributed by atoms with Gasteiger partial charge in [-0.3, -0.25) is 9.59 Å². The van der Waals surface area contributed by atoms with Crippen LogP contribution in [0.1, 0.15) is 90.2 Å². The summed E-state index contributed by atoms with van der Waals surface area (Å²) in [4.78, 5) is 23.7. The normalized spacial score (nSPS) is 15.2. The molecule has 0 aliphatic heterocycles. The van der Waals surface area contributed by atoms with Crippen molar-refractivity contribution in [3.05, 3.63) is 29.3 Å². The molecule has 1 fully saturated rings. The first kappa shape index (κ1) is 22.3. The molecule has 1 aliphatic carbocycles. The van der Waals surface area contributed by atoms with Gasteiger partial charge in [-0.2, -0.15) is 0 Å². The highest BCUT2D eigenvalue weighted by Gasteiger charge is 2.31. The number of ether oxygens (including phenoxy) is 3. The zero-order chi connectivity index (χ0) is 20.9. The van der Waals surface area contributed by atoms with Crippen molar-refractivity contribution in [2.45, 2.75) is 84.7 Å². The van der Waals surface area contributed by atoms with Crippen molar-refractivity contribution in [1.29, 1.82) is 0 Å². The molecule has 0 bridgehead atoms. The lowest BCUT2D eigenvalue weighted by Crippen LogP contribution is -2.24. The Hall–Kier alpha value is -2.04. The molecule has 0 heterocycles. The van der Waals surface area contributed by atoms with Crippen molar-refractivity contribution in [2.75, 3.05) is 6.79 Å². The van der Waals surface area contributed by atoms with Crippen molar-refractivity contribution in [3.63, 3.8) is 0 Å². The molecule has 1 aliphatic rings. The zero-order valence-electron chi connectivity index (χ0n) is 18.0. The molecular weight excluding hydrogens is 356 g/mol. The second kappa shape index (κ2) is 9.44. The molecule has 0 unspecified atom stereocenters. The van der Waals surface area contributed by atoms with E-state index in [9.17, 15) is 9.59 Å². The highest BCUT2D eigenvalue weighted by molar-refractivity contribution is 5.77. The van der Waals surface area contributed by atoms with Gasteiger partial charge in [0.2, 0.25) is 6.79 Å². The zero-order valence-corrected chi connectivity index (χ0v) is 18.0. The maximum Gasteiger partial charge on any atom is 0.309 e. The van der Waals surface area contributed by atoms with Crippen LogP contribution in [-0.2, 0) is 19.1 Å². The van der Waals surface area contributed by atoms with E-state index < -0.39 is 17.5 Å². The van der Waals surface area contributed by atoms with Gasteiger partial charge >= 0.3 is 11.9 Å². The summed E-state index contributed by atoms with van der Waals surface area (Å²) in [6.07, 6.45) is 2.50. The van der Waals surface area contributed by atoms with Crippen molar-refractivity contribution in [2.24, 2.45) is 5.92 Å². The van der Waals surface area contributed by atoms with E-state index in [1.807, 2.05) is 0 Å². The second-order valence-corrected chi connectivity index (χ2v) is 8.91. The Morgan fingerprint density at radius 3 is 2.21 bits per heavy atom. The van der Waals surface area contributed by atoms with Crippen LogP contribution in [0.3, 0.4) is 0 Å². The lowest BCUT2D eigenvalue weighted by molar-refractivity contribution is -0.160. The van der Waals surface area contributed by atoms with E-state index in [1.54, 1.807) is 20.8 Å². The smallest absolute Gasteiger partial charge is 0.309 e. The third kappa shape index (κ3) is 6.84. The molecule has 1 saturated carbocycles. The fraction of sp³-hybridized carbons (Fsp3) is 0.652. The predicted molar refractivity (Wildman–Crippen MR) is 108 cm³/mol. The van der Waals surface area contributed by atoms with Gasteiger partial charge in [0.1, 0.15) is 11.4 Å². The Bertz CT molecular complexity index is 683. The minimum absolute atomic E-state index is 0.00263. The summed E-state index contributed by atoms with van der Waals surface area (Å²) in [7, 11) is 0. The predicted octanol–water partition coefficient (Wildman–Crippen LogP) is 5.32. The molecule has 5 heteroatoms. The molecule has 5 nitrogen and oxygen atoms in total. The third-order valence-corrected chi connectivity index (χ3v) is 4.89. The van der Waals surface area contributed by atoms with E-state index in [1.165, 1.54) is 18.4 Å². The summed E-state index contributed by atoms with van der Waals surface area (Å²) in [5.74, 6) is 1.40. The Labute approximate surface area is 168 Å². The van der Waals surface area contributed by atoms with Crippen LogP contribution in [0, 0.1) is 5.92 Å². The van der Waals surface area contributed by atoms with Gasteiger partial charge in [0.15, 0.2) is 0 Å². The lowest BCUT2D eigenvalue weighted by atomic mass is 9.90. The molecule has 0 radical (unpaired) electrons. The molecule has 0 spiro atoms. The van der Waals surface area contributed by atoms with Gasteiger partial charge in [-0.25, -0.2) is 0 Å². The first-order valence-electron chi connectivity index (χ1n) is 10.2. The summed E-state index contributed by atoms with van der Waals surface area (Å²) >= 11 is 0. The molecule has 2 rings (SSSR count). The molecule has 0 N–H and O–H groups in total. The molecule has 1 atom stereocenters. The van der Waals surface area contributed by atoms with E-state index in [2.05, 4.69) is 39.0 Å². The minimum atomic E-state index is -0.556. The highest BCUT2D eigenvalue weighted by Crippen LogP contribution is 2.46. The van der Waals surface area contributed by atoms with Crippen molar-refractivity contribution < 1.29 is 23.8 Å². The molecule has 0 aromatic heterocycles. The quantitative estimate of drug-likeness (QED) is 0.421. The Balaban J connectivity index is 1.91. The van der Waals surface area contributed by atoms with E-state index in [4.69, 9.17) is 14.2 Å². The average molecular weight is 391 g/mol. The van der Waals surface area contributed by atoms with Gasteiger partial charge in [-0.1, -0.05) is 39.0 Å². The molecule has 156 valence electrons. The van der Waals surface area contributed by atoms with Crippen molar-refractivity contribution >= 4 is 11.9 Å². The van der Waals surface area contributed by atoms with Crippen LogP contribution < -0.4 is 4.74 Å². The Kier molecular flexibility index (Phi) is 7.50. The maximum atomic E-state index is 11.9. The van der Waals surface area contributed by atoms with Crippen LogP contribution in [0.25, 0.3) is 0 Å². The van der Waals surface area contributed by atoms with E-state index >= 15 is 0 Å². The van der Waals surface area contributed by atoms with Crippen LogP contribution in [0.15, 0.2) is 18.2 Å². The maximum absolute atomic E-state index is 11.9. The number of carbonyl (C=O) groups is 2. The van der Waals surface area contributed by atoms with Crippen molar-refractivity contribution in [1.82, 2.24) is 0 Å². The minimum Gasteiger partial charge on any atom is -0.460 e. The first-order chi connectivity index (χ1) is 13.1. The topological polar surface area (TPSA) is 61.8 Å². The Morgan fingerprint density at radius 1 is 1.04 bits per heavy atom. The largest absolute Gasteiger partial charge is 0.460 e. The van der Waals surface area contributed by atoms with Crippen LogP contribution in [0.2, 0.25) is 0 Å². The molecule has 0 amide bonds. The number of hydrogen-bond donors (Lipinski definition) is 0. The standard InChI is InChI=1S/C23H34O5/c1-15(2)18-8-7-9-19(16(3)17-10-11-17)22(18)27-14-26-20(24)12-13-21(25)28-23(4,5)6/h7-9,15-17H,10-14H2,1-6H3/t16-/m1/s1. The molecule has 0 saturated heterocycles. The molecule has 1 aromatic carbocycles. The van der Waals surface area contributed by atoms with Crippen LogP contribution in [-0.4, -0.2) is 24.3 Å². The SMILES string of the molecule is CC(C)c1cccc([C@H](C)C2CC2)c1OCOC(=O)CCC(=O)OC(C)(C)C. The van der Waals surface area contributed by atoms with Gasteiger partial charge in [-0.15, -0.1) is 0 Å². The fourth-order valence-electron chi connectivity index (χ4n) is 3.23.